The zero-order valence-electron chi connectivity index (χ0n) is 7.91. The van der Waals surface area contributed by atoms with E-state index in [0.717, 1.165) is 0 Å². The van der Waals surface area contributed by atoms with Gasteiger partial charge in [0.15, 0.2) is 0 Å². The van der Waals surface area contributed by atoms with Crippen molar-refractivity contribution >= 4 is 58.3 Å². The van der Waals surface area contributed by atoms with Crippen LogP contribution in [0.3, 0.4) is 0 Å². The van der Waals surface area contributed by atoms with Gasteiger partial charge in [-0.25, -0.2) is 0 Å². The van der Waals surface area contributed by atoms with Crippen molar-refractivity contribution in [1.82, 2.24) is 9.80 Å². The Morgan fingerprint density at radius 3 is 0.923 bits per heavy atom. The summed E-state index contributed by atoms with van der Waals surface area (Å²) >= 11 is 16.9. The predicted molar refractivity (Wildman–Crippen MR) is 69.6 cm³/mol. The minimum Gasteiger partial charge on any atom is -0.680 e. The Morgan fingerprint density at radius 2 is 0.923 bits per heavy atom. The van der Waals surface area contributed by atoms with Crippen LogP contribution >= 0.6 is 0 Å². The van der Waals surface area contributed by atoms with Gasteiger partial charge in [-0.1, -0.05) is 0 Å². The van der Waals surface area contributed by atoms with Gasteiger partial charge in [0.2, 0.25) is 0 Å². The van der Waals surface area contributed by atoms with Crippen molar-refractivity contribution < 1.29 is 17.1 Å². The quantitative estimate of drug-likeness (QED) is 0.185. The summed E-state index contributed by atoms with van der Waals surface area (Å²) in [6.07, 6.45) is 0. The third-order valence-corrected chi connectivity index (χ3v) is 2.30. The summed E-state index contributed by atoms with van der Waals surface area (Å²) in [5.74, 6) is 0. The van der Waals surface area contributed by atoms with Gasteiger partial charge in [0.1, 0.15) is 33.1 Å². The van der Waals surface area contributed by atoms with Crippen molar-refractivity contribution in [2.75, 3.05) is 28.2 Å². The minimum atomic E-state index is 0. The van der Waals surface area contributed by atoms with Crippen LogP contribution in [0.5, 0.6) is 0 Å². The molecule has 7 heteroatoms. The molecule has 1 radical (unpaired) electrons. The zero-order valence-corrected chi connectivity index (χ0v) is 12.3. The normalized spacial score (nSPS) is 8.62. The number of hydrogen-bond donors (Lipinski definition) is 0. The van der Waals surface area contributed by atoms with E-state index in [2.05, 4.69) is 49.7 Å². The Bertz CT molecular complexity index is 143. The monoisotopic (exact) mass is 305 g/mol. The third kappa shape index (κ3) is 19.6. The van der Waals surface area contributed by atoms with Crippen molar-refractivity contribution in [3.05, 3.63) is 0 Å². The van der Waals surface area contributed by atoms with E-state index in [1.807, 2.05) is 28.2 Å². The molecule has 0 fully saturated rings. The fraction of sp³-hybridized carbons (Fsp3) is 0.667. The van der Waals surface area contributed by atoms with Crippen LogP contribution in [0.4, 0.5) is 0 Å². The second kappa shape index (κ2) is 11.4. The first kappa shape index (κ1) is 19.8. The third-order valence-electron chi connectivity index (χ3n) is 0.765. The smallest absolute Gasteiger partial charge is 0.680 e. The topological polar surface area (TPSA) is 6.48 Å². The molecule has 0 atom stereocenters. The van der Waals surface area contributed by atoms with E-state index < -0.39 is 0 Å². The van der Waals surface area contributed by atoms with Crippen molar-refractivity contribution in [2.45, 2.75) is 0 Å². The molecule has 0 aliphatic carbocycles. The van der Waals surface area contributed by atoms with Crippen LogP contribution in [0.1, 0.15) is 0 Å². The molecule has 0 saturated carbocycles. The first-order valence-electron chi connectivity index (χ1n) is 3.09. The molecular formula is C6H14CuN2S4+2. The molecule has 13 heavy (non-hydrogen) atoms. The largest absolute Gasteiger partial charge is 2.00 e. The summed E-state index contributed by atoms with van der Waals surface area (Å²) < 4.78 is 1.24. The molecule has 0 bridgehead atoms. The van der Waals surface area contributed by atoms with Crippen LogP contribution in [0.25, 0.3) is 0 Å². The predicted octanol–water partition coefficient (Wildman–Crippen LogP) is -1.08. The number of nitrogens with zero attached hydrogens (tertiary/aromatic N) is 2. The molecule has 0 saturated heterocycles. The fourth-order valence-electron chi connectivity index (χ4n) is 0. The van der Waals surface area contributed by atoms with Crippen molar-refractivity contribution in [2.24, 2.45) is 0 Å². The summed E-state index contributed by atoms with van der Waals surface area (Å²) in [6.45, 7) is 0. The Kier molecular flexibility index (Phi) is 17.4. The van der Waals surface area contributed by atoms with Gasteiger partial charge in [0.05, 0.1) is 0 Å². The first-order chi connectivity index (χ1) is 5.29. The Morgan fingerprint density at radius 1 is 0.846 bits per heavy atom. The van der Waals surface area contributed by atoms with E-state index in [1.54, 1.807) is 9.80 Å². The molecular weight excluding hydrogens is 292 g/mol. The molecule has 0 unspecified atom stereocenters. The molecule has 0 aromatic heterocycles. The number of thiol groups is 2. The molecule has 0 heterocycles. The molecule has 2 nitrogen and oxygen atoms in total. The van der Waals surface area contributed by atoms with Crippen LogP contribution in [-0.4, -0.2) is 46.6 Å². The van der Waals surface area contributed by atoms with Crippen molar-refractivity contribution in [3.8, 4) is 0 Å². The SMILES string of the molecule is CN(C)C([S-])=[SH+].CN(C)C([S-])=[SH+].[Cu+2]. The van der Waals surface area contributed by atoms with Gasteiger partial charge in [-0.15, -0.1) is 0 Å². The van der Waals surface area contributed by atoms with E-state index >= 15 is 0 Å². The van der Waals surface area contributed by atoms with Crippen LogP contribution in [-0.2, 0) is 66.8 Å². The van der Waals surface area contributed by atoms with Gasteiger partial charge in [-0.05, 0) is 28.2 Å². The fourth-order valence-corrected chi connectivity index (χ4v) is 0. The molecule has 0 rings (SSSR count). The van der Waals surface area contributed by atoms with Gasteiger partial charge >= 0.3 is 17.1 Å². The van der Waals surface area contributed by atoms with Crippen LogP contribution < -0.4 is 0 Å². The van der Waals surface area contributed by atoms with E-state index in [1.165, 1.54) is 0 Å². The first-order valence-corrected chi connectivity index (χ1v) is 4.80. The Hall–Kier alpha value is 1.32. The van der Waals surface area contributed by atoms with E-state index in [4.69, 9.17) is 0 Å². The maximum Gasteiger partial charge on any atom is 2.00 e. The molecule has 81 valence electrons. The maximum absolute atomic E-state index is 4.61. The maximum atomic E-state index is 4.61. The average Bonchev–Trinajstić information content (AvgIpc) is 1.88. The molecule has 0 aliphatic heterocycles. The zero-order chi connectivity index (χ0) is 10.3. The molecule has 0 spiro atoms. The van der Waals surface area contributed by atoms with Gasteiger partial charge in [0, 0.05) is 0 Å². The van der Waals surface area contributed by atoms with Gasteiger partial charge < -0.3 is 25.3 Å². The number of hydrogen-bond acceptors (Lipinski definition) is 2. The van der Waals surface area contributed by atoms with E-state index in [9.17, 15) is 0 Å². The molecule has 0 N–H and O–H groups in total. The molecule has 0 aliphatic rings. The van der Waals surface area contributed by atoms with Crippen LogP contribution in [0, 0.1) is 0 Å². The molecule has 0 aromatic carbocycles. The van der Waals surface area contributed by atoms with Gasteiger partial charge in [-0.2, -0.15) is 0 Å². The molecule has 0 aromatic rings. The summed E-state index contributed by atoms with van der Waals surface area (Å²) in [5.41, 5.74) is 0. The number of rotatable bonds is 0. The second-order valence-corrected chi connectivity index (χ2v) is 4.58. The molecule has 0 amide bonds. The van der Waals surface area contributed by atoms with Gasteiger partial charge in [-0.3, -0.25) is 9.80 Å². The van der Waals surface area contributed by atoms with Crippen molar-refractivity contribution in [3.63, 3.8) is 0 Å². The summed E-state index contributed by atoms with van der Waals surface area (Å²) in [4.78, 5) is 3.52. The van der Waals surface area contributed by atoms with Gasteiger partial charge in [0.25, 0.3) is 0 Å². The summed E-state index contributed by atoms with van der Waals surface area (Å²) in [7, 11) is 7.43. The Balaban J connectivity index is -0.000000143. The average molecular weight is 306 g/mol. The minimum absolute atomic E-state index is 0. The van der Waals surface area contributed by atoms with Crippen LogP contribution in [0.15, 0.2) is 0 Å². The Labute approximate surface area is 113 Å². The van der Waals surface area contributed by atoms with E-state index in [-0.39, 0.29) is 17.1 Å². The van der Waals surface area contributed by atoms with Crippen molar-refractivity contribution in [1.29, 1.82) is 0 Å². The standard InChI is InChI=1S/2C3H7NS2.Cu/c2*1-4(2)3(5)6;/h2*1-2H3,(H,5,6);/q;;+2. The van der Waals surface area contributed by atoms with Crippen LogP contribution in [0.2, 0.25) is 0 Å². The second-order valence-electron chi connectivity index (χ2n) is 2.35. The van der Waals surface area contributed by atoms with E-state index in [0.29, 0.717) is 8.64 Å². The summed E-state index contributed by atoms with van der Waals surface area (Å²) in [6, 6.07) is 0. The summed E-state index contributed by atoms with van der Waals surface area (Å²) in [5, 5.41) is 0.